The molecule has 1 unspecified atom stereocenters. The molecule has 1 saturated carbocycles. The number of amides is 2. The van der Waals surface area contributed by atoms with Gasteiger partial charge in [0.05, 0.1) is 17.3 Å². The van der Waals surface area contributed by atoms with Gasteiger partial charge in [0.15, 0.2) is 0 Å². The van der Waals surface area contributed by atoms with Gasteiger partial charge >= 0.3 is 0 Å². The molecule has 0 saturated heterocycles. The molecule has 0 spiro atoms. The standard InChI is InChI=1S/C24H27N3O2/c1-14-7-5-8-15(2)23(14)26-22(28)13-27-21-12-17(4)16(3)11-20(21)25-19-10-6-9-18(19)24(27)29/h5,7-8,11-12,18H,6,9-10,13H2,1-4H3,(H,26,28). The molecule has 2 aliphatic rings. The largest absolute Gasteiger partial charge is 0.324 e. The van der Waals surface area contributed by atoms with Crippen molar-refractivity contribution in [3.05, 3.63) is 52.6 Å². The average molecular weight is 389 g/mol. The van der Waals surface area contributed by atoms with Gasteiger partial charge < -0.3 is 10.2 Å². The highest BCUT2D eigenvalue weighted by Crippen LogP contribution is 2.39. The summed E-state index contributed by atoms with van der Waals surface area (Å²) in [7, 11) is 0. The van der Waals surface area contributed by atoms with Crippen molar-refractivity contribution in [2.45, 2.75) is 47.0 Å². The smallest absolute Gasteiger partial charge is 0.244 e. The van der Waals surface area contributed by atoms with Gasteiger partial charge in [-0.15, -0.1) is 0 Å². The second kappa shape index (κ2) is 7.47. The van der Waals surface area contributed by atoms with E-state index in [0.717, 1.165) is 64.3 Å². The highest BCUT2D eigenvalue weighted by molar-refractivity contribution is 6.17. The fraction of sp³-hybridized carbons (Fsp3) is 0.375. The van der Waals surface area contributed by atoms with E-state index in [4.69, 9.17) is 4.99 Å². The Morgan fingerprint density at radius 3 is 2.52 bits per heavy atom. The summed E-state index contributed by atoms with van der Waals surface area (Å²) in [5, 5.41) is 3.01. The molecule has 5 nitrogen and oxygen atoms in total. The van der Waals surface area contributed by atoms with E-state index in [-0.39, 0.29) is 24.3 Å². The number of aliphatic imine (C=N–C) groups is 1. The predicted molar refractivity (Wildman–Crippen MR) is 117 cm³/mol. The summed E-state index contributed by atoms with van der Waals surface area (Å²) in [4.78, 5) is 32.8. The number of rotatable bonds is 3. The zero-order valence-corrected chi connectivity index (χ0v) is 17.5. The van der Waals surface area contributed by atoms with Crippen LogP contribution in [0.2, 0.25) is 0 Å². The lowest BCUT2D eigenvalue weighted by Gasteiger charge is -2.25. The van der Waals surface area contributed by atoms with Crippen LogP contribution in [-0.4, -0.2) is 24.1 Å². The molecular formula is C24H27N3O2. The Balaban J connectivity index is 1.68. The number of carbonyl (C=O) groups is 2. The number of anilines is 2. The van der Waals surface area contributed by atoms with Gasteiger partial charge in [0.1, 0.15) is 6.54 Å². The fourth-order valence-electron chi connectivity index (χ4n) is 4.28. The Kier molecular flexibility index (Phi) is 4.99. The molecule has 0 aromatic heterocycles. The maximum atomic E-state index is 13.4. The average Bonchev–Trinajstić information content (AvgIpc) is 3.10. The SMILES string of the molecule is Cc1cc2c(cc1C)N(CC(=O)Nc1c(C)cccc1C)C(=O)C1CCCC1=N2. The van der Waals surface area contributed by atoms with E-state index < -0.39 is 0 Å². The zero-order chi connectivity index (χ0) is 20.7. The van der Waals surface area contributed by atoms with Crippen LogP contribution in [0.1, 0.15) is 41.5 Å². The maximum absolute atomic E-state index is 13.4. The van der Waals surface area contributed by atoms with Gasteiger partial charge in [-0.25, -0.2) is 0 Å². The maximum Gasteiger partial charge on any atom is 0.244 e. The van der Waals surface area contributed by atoms with Gasteiger partial charge in [-0.2, -0.15) is 0 Å². The minimum absolute atomic E-state index is 0.0125. The quantitative estimate of drug-likeness (QED) is 0.821. The minimum Gasteiger partial charge on any atom is -0.324 e. The first-order valence-electron chi connectivity index (χ1n) is 10.2. The number of nitrogens with one attached hydrogen (secondary N) is 1. The molecule has 5 heteroatoms. The van der Waals surface area contributed by atoms with Crippen molar-refractivity contribution >= 4 is 34.6 Å². The number of fused-ring (bicyclic) bond motifs is 2. The predicted octanol–water partition coefficient (Wildman–Crippen LogP) is 4.78. The molecule has 2 aromatic carbocycles. The summed E-state index contributed by atoms with van der Waals surface area (Å²) in [5.74, 6) is -0.419. The highest BCUT2D eigenvalue weighted by Gasteiger charge is 2.37. The van der Waals surface area contributed by atoms with Crippen LogP contribution in [0.25, 0.3) is 0 Å². The molecule has 1 atom stereocenters. The Hall–Kier alpha value is -2.95. The minimum atomic E-state index is -0.212. The second-order valence-electron chi connectivity index (χ2n) is 8.21. The van der Waals surface area contributed by atoms with Crippen LogP contribution in [0.5, 0.6) is 0 Å². The molecule has 0 radical (unpaired) electrons. The van der Waals surface area contributed by atoms with Crippen LogP contribution in [0, 0.1) is 33.6 Å². The van der Waals surface area contributed by atoms with Gasteiger partial charge in [-0.05, 0) is 81.3 Å². The Morgan fingerprint density at radius 2 is 1.79 bits per heavy atom. The number of hydrogen-bond donors (Lipinski definition) is 1. The van der Waals surface area contributed by atoms with E-state index in [2.05, 4.69) is 5.32 Å². The van der Waals surface area contributed by atoms with Crippen LogP contribution in [0.4, 0.5) is 17.1 Å². The number of nitrogens with zero attached hydrogens (tertiary/aromatic N) is 2. The van der Waals surface area contributed by atoms with Gasteiger partial charge in [-0.1, -0.05) is 18.2 Å². The van der Waals surface area contributed by atoms with Crippen molar-refractivity contribution in [1.82, 2.24) is 0 Å². The van der Waals surface area contributed by atoms with Crippen LogP contribution in [0.3, 0.4) is 0 Å². The van der Waals surface area contributed by atoms with Gasteiger partial charge in [-0.3, -0.25) is 14.6 Å². The topological polar surface area (TPSA) is 61.8 Å². The van der Waals surface area contributed by atoms with Crippen molar-refractivity contribution < 1.29 is 9.59 Å². The van der Waals surface area contributed by atoms with Gasteiger partial charge in [0.25, 0.3) is 0 Å². The van der Waals surface area contributed by atoms with Crippen LogP contribution >= 0.6 is 0 Å². The first kappa shape index (κ1) is 19.4. The summed E-state index contributed by atoms with van der Waals surface area (Å²) in [6.45, 7) is 8.00. The molecule has 1 fully saturated rings. The first-order chi connectivity index (χ1) is 13.8. The number of hydrogen-bond acceptors (Lipinski definition) is 3. The third-order valence-electron chi connectivity index (χ3n) is 6.09. The Labute approximate surface area is 171 Å². The van der Waals surface area contributed by atoms with Crippen molar-refractivity contribution in [2.75, 3.05) is 16.8 Å². The van der Waals surface area contributed by atoms with E-state index in [1.54, 1.807) is 4.90 Å². The number of para-hydroxylation sites is 1. The van der Waals surface area contributed by atoms with E-state index in [9.17, 15) is 9.59 Å². The normalized spacial score (nSPS) is 18.1. The molecule has 2 aromatic rings. The zero-order valence-electron chi connectivity index (χ0n) is 17.5. The summed E-state index contributed by atoms with van der Waals surface area (Å²) in [6.07, 6.45) is 2.63. The molecule has 150 valence electrons. The summed E-state index contributed by atoms with van der Waals surface area (Å²) < 4.78 is 0. The van der Waals surface area contributed by atoms with E-state index in [1.807, 2.05) is 58.0 Å². The van der Waals surface area contributed by atoms with Crippen LogP contribution < -0.4 is 10.2 Å². The number of carbonyl (C=O) groups excluding carboxylic acids is 2. The van der Waals surface area contributed by atoms with Gasteiger partial charge in [0.2, 0.25) is 11.8 Å². The summed E-state index contributed by atoms with van der Waals surface area (Å²) in [6, 6.07) is 9.93. The third kappa shape index (κ3) is 3.57. The Bertz CT molecular complexity index is 1020. The lowest BCUT2D eigenvalue weighted by atomic mass is 10.0. The summed E-state index contributed by atoms with van der Waals surface area (Å²) in [5.41, 5.74) is 7.54. The monoisotopic (exact) mass is 389 g/mol. The number of benzene rings is 2. The molecule has 1 aliphatic heterocycles. The second-order valence-corrected chi connectivity index (χ2v) is 8.21. The van der Waals surface area contributed by atoms with Crippen molar-refractivity contribution in [3.8, 4) is 0 Å². The fourth-order valence-corrected chi connectivity index (χ4v) is 4.28. The molecule has 4 rings (SSSR count). The lowest BCUT2D eigenvalue weighted by Crippen LogP contribution is -2.42. The molecule has 1 aliphatic carbocycles. The lowest BCUT2D eigenvalue weighted by molar-refractivity contribution is -0.122. The van der Waals surface area contributed by atoms with Crippen molar-refractivity contribution in [3.63, 3.8) is 0 Å². The van der Waals surface area contributed by atoms with Gasteiger partial charge in [0, 0.05) is 11.4 Å². The van der Waals surface area contributed by atoms with Crippen molar-refractivity contribution in [1.29, 1.82) is 0 Å². The molecule has 29 heavy (non-hydrogen) atoms. The van der Waals surface area contributed by atoms with Crippen LogP contribution in [0.15, 0.2) is 35.3 Å². The number of aryl methyl sites for hydroxylation is 4. The van der Waals surface area contributed by atoms with Crippen molar-refractivity contribution in [2.24, 2.45) is 10.9 Å². The molecular weight excluding hydrogens is 362 g/mol. The molecule has 1 N–H and O–H groups in total. The molecule has 2 amide bonds. The van der Waals surface area contributed by atoms with Crippen LogP contribution in [-0.2, 0) is 9.59 Å². The van der Waals surface area contributed by atoms with E-state index in [0.29, 0.717) is 0 Å². The Morgan fingerprint density at radius 1 is 1.10 bits per heavy atom. The highest BCUT2D eigenvalue weighted by atomic mass is 16.2. The van der Waals surface area contributed by atoms with E-state index >= 15 is 0 Å². The summed E-state index contributed by atoms with van der Waals surface area (Å²) >= 11 is 0. The third-order valence-corrected chi connectivity index (χ3v) is 6.09. The first-order valence-corrected chi connectivity index (χ1v) is 10.2. The molecule has 1 heterocycles. The van der Waals surface area contributed by atoms with E-state index in [1.165, 1.54) is 0 Å². The molecule has 0 bridgehead atoms.